The van der Waals surface area contributed by atoms with Crippen LogP contribution in [0, 0.1) is 23.3 Å². The summed E-state index contributed by atoms with van der Waals surface area (Å²) in [5.74, 6) is -3.73. The summed E-state index contributed by atoms with van der Waals surface area (Å²) in [6, 6.07) is 22.5. The van der Waals surface area contributed by atoms with Gasteiger partial charge in [0.15, 0.2) is 11.6 Å². The first kappa shape index (κ1) is 43.9. The highest BCUT2D eigenvalue weighted by Gasteiger charge is 2.43. The van der Waals surface area contributed by atoms with E-state index in [0.29, 0.717) is 59.8 Å². The minimum Gasteiger partial charge on any atom is -0.355 e. The third-order valence-electron chi connectivity index (χ3n) is 13.3. The first-order valence-electron chi connectivity index (χ1n) is 21.9. The Morgan fingerprint density at radius 3 is 1.17 bits per heavy atom. The average Bonchev–Trinajstić information content (AvgIpc) is 4.10. The van der Waals surface area contributed by atoms with E-state index in [1.54, 1.807) is 0 Å². The zero-order chi connectivity index (χ0) is 46.3. The van der Waals surface area contributed by atoms with Crippen molar-refractivity contribution in [2.75, 3.05) is 13.1 Å². The van der Waals surface area contributed by atoms with Gasteiger partial charge in [-0.25, -0.2) is 37.5 Å². The molecular weight excluding hydrogens is 853 g/mol. The van der Waals surface area contributed by atoms with Crippen LogP contribution in [0.5, 0.6) is 0 Å². The van der Waals surface area contributed by atoms with Crippen molar-refractivity contribution in [2.45, 2.75) is 76.3 Å². The molecule has 16 heteroatoms. The predicted molar refractivity (Wildman–Crippen MR) is 235 cm³/mol. The number of halogens is 4. The molecule has 4 N–H and O–H groups in total. The third-order valence-corrected chi connectivity index (χ3v) is 13.3. The molecule has 336 valence electrons. The van der Waals surface area contributed by atoms with Crippen LogP contribution in [0.3, 0.4) is 0 Å². The second kappa shape index (κ2) is 17.6. The van der Waals surface area contributed by atoms with Gasteiger partial charge in [0.2, 0.25) is 11.8 Å². The van der Waals surface area contributed by atoms with Gasteiger partial charge in [-0.3, -0.25) is 19.2 Å². The van der Waals surface area contributed by atoms with Crippen LogP contribution in [-0.2, 0) is 46.4 Å². The molecule has 2 saturated heterocycles. The van der Waals surface area contributed by atoms with Crippen molar-refractivity contribution < 1.29 is 36.7 Å². The van der Waals surface area contributed by atoms with E-state index in [4.69, 9.17) is 0 Å². The topological polar surface area (TPSA) is 168 Å². The largest absolute Gasteiger partial charge is 0.355 e. The summed E-state index contributed by atoms with van der Waals surface area (Å²) in [7, 11) is 0. The number of amides is 4. The zero-order valence-corrected chi connectivity index (χ0v) is 36.1. The molecule has 12 nitrogen and oxygen atoms in total. The standard InChI is InChI=1S/2C25H22F2N4O2/c2*1-2-25(10-11-28-24(25)33)15-8-6-14(7-9-15)12-18-21-19(13-29-23(21)32)31-22(30-18)20-16(26)4-3-5-17(20)27/h2*3-9H,2,10-13H2,1H3,(H,28,33)(H,29,32)/t25-;/m0./s1. The maximum absolute atomic E-state index is 14.4. The molecule has 0 saturated carbocycles. The molecule has 2 atom stereocenters. The van der Waals surface area contributed by atoms with Gasteiger partial charge < -0.3 is 21.3 Å². The van der Waals surface area contributed by atoms with E-state index in [1.807, 2.05) is 62.4 Å². The molecular formula is C50H44F4N8O4. The van der Waals surface area contributed by atoms with Crippen LogP contribution < -0.4 is 21.3 Å². The van der Waals surface area contributed by atoms with Gasteiger partial charge in [-0.1, -0.05) is 74.5 Å². The Morgan fingerprint density at radius 1 is 0.485 bits per heavy atom. The molecule has 66 heavy (non-hydrogen) atoms. The van der Waals surface area contributed by atoms with E-state index in [-0.39, 0.29) is 72.3 Å². The van der Waals surface area contributed by atoms with E-state index in [0.717, 1.165) is 59.4 Å². The number of rotatable bonds is 10. The number of carbonyl (C=O) groups is 4. The highest BCUT2D eigenvalue weighted by Crippen LogP contribution is 2.37. The molecule has 10 rings (SSSR count). The lowest BCUT2D eigenvalue weighted by atomic mass is 9.76. The molecule has 0 bridgehead atoms. The lowest BCUT2D eigenvalue weighted by Crippen LogP contribution is -2.34. The normalized spacial score (nSPS) is 19.4. The molecule has 4 aliphatic rings. The summed E-state index contributed by atoms with van der Waals surface area (Å²) < 4.78 is 57.5. The Hall–Kier alpha value is -7.36. The smallest absolute Gasteiger partial charge is 0.255 e. The molecule has 4 amide bonds. The molecule has 0 spiro atoms. The van der Waals surface area contributed by atoms with Crippen LogP contribution >= 0.6 is 0 Å². The van der Waals surface area contributed by atoms with Gasteiger partial charge in [0, 0.05) is 25.9 Å². The Balaban J connectivity index is 0.000000166. The van der Waals surface area contributed by atoms with Gasteiger partial charge in [0.05, 0.1) is 68.9 Å². The molecule has 2 fully saturated rings. The number of nitrogens with zero attached hydrogens (tertiary/aromatic N) is 4. The highest BCUT2D eigenvalue weighted by atomic mass is 19.1. The summed E-state index contributed by atoms with van der Waals surface area (Å²) in [6.07, 6.45) is 3.47. The Kier molecular flexibility index (Phi) is 11.7. The quantitative estimate of drug-likeness (QED) is 0.108. The summed E-state index contributed by atoms with van der Waals surface area (Å²) in [4.78, 5) is 67.1. The molecule has 0 aliphatic carbocycles. The van der Waals surface area contributed by atoms with E-state index >= 15 is 0 Å². The van der Waals surface area contributed by atoms with Crippen LogP contribution in [0.25, 0.3) is 22.8 Å². The maximum atomic E-state index is 14.4. The van der Waals surface area contributed by atoms with E-state index in [1.165, 1.54) is 12.1 Å². The van der Waals surface area contributed by atoms with Crippen molar-refractivity contribution in [1.82, 2.24) is 41.2 Å². The Bertz CT molecular complexity index is 2710. The zero-order valence-electron chi connectivity index (χ0n) is 36.1. The second-order valence-electron chi connectivity index (χ2n) is 16.8. The van der Waals surface area contributed by atoms with E-state index < -0.39 is 34.1 Å². The molecule has 4 aliphatic heterocycles. The third kappa shape index (κ3) is 7.73. The van der Waals surface area contributed by atoms with Crippen LogP contribution in [0.1, 0.15) is 105 Å². The number of carbonyl (C=O) groups excluding carboxylic acids is 4. The van der Waals surface area contributed by atoms with E-state index in [2.05, 4.69) is 41.2 Å². The van der Waals surface area contributed by atoms with Gasteiger partial charge in [-0.15, -0.1) is 0 Å². The fraction of sp³-hybridized carbons (Fsp3) is 0.280. The number of hydrogen-bond acceptors (Lipinski definition) is 8. The molecule has 0 radical (unpaired) electrons. The number of hydrogen-bond donors (Lipinski definition) is 4. The molecule has 6 heterocycles. The van der Waals surface area contributed by atoms with Gasteiger partial charge in [-0.2, -0.15) is 0 Å². The minimum absolute atomic E-state index is 0.0413. The van der Waals surface area contributed by atoms with Gasteiger partial charge in [-0.05, 0) is 72.2 Å². The minimum atomic E-state index is -0.762. The Labute approximate surface area is 377 Å². The summed E-state index contributed by atoms with van der Waals surface area (Å²) in [5, 5.41) is 11.3. The van der Waals surface area contributed by atoms with Crippen LogP contribution in [0.2, 0.25) is 0 Å². The average molecular weight is 897 g/mol. The van der Waals surface area contributed by atoms with Crippen molar-refractivity contribution in [2.24, 2.45) is 0 Å². The monoisotopic (exact) mass is 896 g/mol. The van der Waals surface area contributed by atoms with Crippen molar-refractivity contribution in [3.63, 3.8) is 0 Å². The summed E-state index contributed by atoms with van der Waals surface area (Å²) >= 11 is 0. The summed E-state index contributed by atoms with van der Waals surface area (Å²) in [5.41, 5.74) is 4.31. The summed E-state index contributed by atoms with van der Waals surface area (Å²) in [6.45, 7) is 5.69. The molecule has 2 aromatic heterocycles. The van der Waals surface area contributed by atoms with Crippen LogP contribution in [0.15, 0.2) is 84.9 Å². The number of fused-ring (bicyclic) bond motifs is 2. The first-order valence-corrected chi connectivity index (χ1v) is 21.9. The maximum Gasteiger partial charge on any atom is 0.255 e. The molecule has 4 aromatic carbocycles. The lowest BCUT2D eigenvalue weighted by molar-refractivity contribution is -0.124. The van der Waals surface area contributed by atoms with Gasteiger partial charge >= 0.3 is 0 Å². The van der Waals surface area contributed by atoms with Crippen molar-refractivity contribution in [1.29, 1.82) is 0 Å². The fourth-order valence-corrected chi connectivity index (χ4v) is 9.55. The molecule has 1 unspecified atom stereocenters. The number of benzene rings is 4. The highest BCUT2D eigenvalue weighted by molar-refractivity contribution is 6.00. The molecule has 6 aromatic rings. The number of nitrogens with one attached hydrogen (secondary N) is 4. The second-order valence-corrected chi connectivity index (χ2v) is 16.8. The van der Waals surface area contributed by atoms with Gasteiger partial charge in [0.25, 0.3) is 11.8 Å². The SMILES string of the molecule is CCC1(c2ccc(Cc3nc(-c4c(F)cccc4F)nc4c3C(=O)NC4)cc2)CCNC1=O.CC[C@@]1(c2ccc(Cc3nc(-c4c(F)cccc4F)nc4c3C(=O)NC4)cc2)CCNC1=O. The van der Waals surface area contributed by atoms with Crippen molar-refractivity contribution in [3.05, 3.63) is 164 Å². The van der Waals surface area contributed by atoms with E-state index in [9.17, 15) is 36.7 Å². The lowest BCUT2D eigenvalue weighted by Gasteiger charge is -2.25. The predicted octanol–water partition coefficient (Wildman–Crippen LogP) is 6.85. The van der Waals surface area contributed by atoms with Crippen LogP contribution in [-0.4, -0.2) is 56.7 Å². The van der Waals surface area contributed by atoms with Crippen molar-refractivity contribution >= 4 is 23.6 Å². The first-order chi connectivity index (χ1) is 31.8. The Morgan fingerprint density at radius 2 is 0.848 bits per heavy atom. The van der Waals surface area contributed by atoms with Gasteiger partial charge in [0.1, 0.15) is 23.3 Å². The fourth-order valence-electron chi connectivity index (χ4n) is 9.55. The van der Waals surface area contributed by atoms with Crippen molar-refractivity contribution in [3.8, 4) is 22.8 Å². The number of aromatic nitrogens is 4. The van der Waals surface area contributed by atoms with Crippen LogP contribution in [0.4, 0.5) is 17.6 Å².